The van der Waals surface area contributed by atoms with Gasteiger partial charge in [-0.15, -0.1) is 0 Å². The lowest BCUT2D eigenvalue weighted by molar-refractivity contribution is 0.0694. The smallest absolute Gasteiger partial charge is 0.339 e. The Morgan fingerprint density at radius 1 is 1.06 bits per heavy atom. The molecule has 0 unspecified atom stereocenters. The SMILES string of the molecule is Cc1ccc(C)c(S(=O)(=O)Oc2ccc(C(=O)N3CCC(n4ccnc4)CC3)cc2)c1. The molecule has 1 amide bonds. The number of imidazole rings is 1. The van der Waals surface area contributed by atoms with Gasteiger partial charge < -0.3 is 13.7 Å². The first-order valence-electron chi connectivity index (χ1n) is 10.2. The quantitative estimate of drug-likeness (QED) is 0.566. The monoisotopic (exact) mass is 439 g/mol. The van der Waals surface area contributed by atoms with E-state index in [2.05, 4.69) is 9.55 Å². The number of hydrogen-bond donors (Lipinski definition) is 0. The maximum absolute atomic E-state index is 12.8. The molecule has 3 aromatic rings. The Kier molecular flexibility index (Phi) is 5.82. The molecule has 2 heterocycles. The molecule has 1 aliphatic rings. The van der Waals surface area contributed by atoms with E-state index in [0.717, 1.165) is 18.4 Å². The number of carbonyl (C=O) groups is 1. The van der Waals surface area contributed by atoms with E-state index in [4.69, 9.17) is 4.18 Å². The van der Waals surface area contributed by atoms with Crippen LogP contribution in [0.25, 0.3) is 0 Å². The van der Waals surface area contributed by atoms with Crippen molar-refractivity contribution in [1.82, 2.24) is 14.5 Å². The van der Waals surface area contributed by atoms with Gasteiger partial charge in [0.25, 0.3) is 5.91 Å². The van der Waals surface area contributed by atoms with Gasteiger partial charge in [0.2, 0.25) is 0 Å². The van der Waals surface area contributed by atoms with Crippen molar-refractivity contribution in [2.75, 3.05) is 13.1 Å². The van der Waals surface area contributed by atoms with Crippen molar-refractivity contribution < 1.29 is 17.4 Å². The second-order valence-corrected chi connectivity index (χ2v) is 9.38. The van der Waals surface area contributed by atoms with E-state index >= 15 is 0 Å². The number of rotatable bonds is 5. The minimum Gasteiger partial charge on any atom is -0.379 e. The van der Waals surface area contributed by atoms with E-state index in [1.165, 1.54) is 12.1 Å². The third-order valence-electron chi connectivity index (χ3n) is 5.62. The average Bonchev–Trinajstić information content (AvgIpc) is 3.30. The van der Waals surface area contributed by atoms with Crippen LogP contribution in [0.2, 0.25) is 0 Å². The molecule has 1 aromatic heterocycles. The van der Waals surface area contributed by atoms with Gasteiger partial charge in [0.1, 0.15) is 10.6 Å². The second-order valence-electron chi connectivity index (χ2n) is 7.86. The van der Waals surface area contributed by atoms with Crippen LogP contribution in [-0.2, 0) is 10.1 Å². The van der Waals surface area contributed by atoms with Gasteiger partial charge in [-0.3, -0.25) is 4.79 Å². The standard InChI is InChI=1S/C23H25N3O4S/c1-17-3-4-18(2)22(15-17)31(28,29)30-21-7-5-19(6-8-21)23(27)25-12-9-20(10-13-25)26-14-11-24-16-26/h3-8,11,14-16,20H,9-10,12-13H2,1-2H3. The molecular formula is C23H25N3O4S. The number of carbonyl (C=O) groups excluding carboxylic acids is 1. The van der Waals surface area contributed by atoms with Crippen molar-refractivity contribution in [3.63, 3.8) is 0 Å². The zero-order valence-electron chi connectivity index (χ0n) is 17.6. The first-order chi connectivity index (χ1) is 14.8. The molecule has 1 saturated heterocycles. The van der Waals surface area contributed by atoms with Crippen molar-refractivity contribution >= 4 is 16.0 Å². The fourth-order valence-corrected chi connectivity index (χ4v) is 5.08. The molecule has 0 atom stereocenters. The zero-order valence-corrected chi connectivity index (χ0v) is 18.4. The summed E-state index contributed by atoms with van der Waals surface area (Å²) in [7, 11) is -3.95. The largest absolute Gasteiger partial charge is 0.379 e. The summed E-state index contributed by atoms with van der Waals surface area (Å²) in [6.07, 6.45) is 7.27. The fraction of sp³-hybridized carbons (Fsp3) is 0.304. The van der Waals surface area contributed by atoms with Crippen LogP contribution in [0.3, 0.4) is 0 Å². The van der Waals surface area contributed by atoms with E-state index in [-0.39, 0.29) is 16.6 Å². The Bertz CT molecular complexity index is 1160. The van der Waals surface area contributed by atoms with Crippen LogP contribution in [0.5, 0.6) is 5.75 Å². The normalized spacial score (nSPS) is 15.1. The van der Waals surface area contributed by atoms with Gasteiger partial charge in [0.05, 0.1) is 6.33 Å². The van der Waals surface area contributed by atoms with E-state index < -0.39 is 10.1 Å². The number of hydrogen-bond acceptors (Lipinski definition) is 5. The van der Waals surface area contributed by atoms with E-state index in [0.29, 0.717) is 30.3 Å². The highest BCUT2D eigenvalue weighted by molar-refractivity contribution is 7.87. The Hall–Kier alpha value is -3.13. The first-order valence-corrected chi connectivity index (χ1v) is 11.6. The third kappa shape index (κ3) is 4.64. The summed E-state index contributed by atoms with van der Waals surface area (Å²) in [5, 5.41) is 0. The molecule has 0 radical (unpaired) electrons. The summed E-state index contributed by atoms with van der Waals surface area (Å²) >= 11 is 0. The number of likely N-dealkylation sites (tertiary alicyclic amines) is 1. The molecule has 0 bridgehead atoms. The van der Waals surface area contributed by atoms with Crippen molar-refractivity contribution in [3.8, 4) is 5.75 Å². The molecule has 0 spiro atoms. The first kappa shape index (κ1) is 21.1. The molecule has 4 rings (SSSR count). The molecule has 7 nitrogen and oxygen atoms in total. The van der Waals surface area contributed by atoms with E-state index in [1.807, 2.05) is 30.4 Å². The zero-order chi connectivity index (χ0) is 22.0. The van der Waals surface area contributed by atoms with Crippen LogP contribution in [0.15, 0.2) is 66.1 Å². The summed E-state index contributed by atoms with van der Waals surface area (Å²) in [6, 6.07) is 11.8. The maximum atomic E-state index is 12.8. The van der Waals surface area contributed by atoms with Crippen LogP contribution < -0.4 is 4.18 Å². The highest BCUT2D eigenvalue weighted by Crippen LogP contribution is 2.25. The second kappa shape index (κ2) is 8.55. The summed E-state index contributed by atoms with van der Waals surface area (Å²) in [4.78, 5) is 18.9. The van der Waals surface area contributed by atoms with Crippen molar-refractivity contribution in [2.45, 2.75) is 37.6 Å². The van der Waals surface area contributed by atoms with Crippen LogP contribution >= 0.6 is 0 Å². The van der Waals surface area contributed by atoms with Gasteiger partial charge in [-0.05, 0) is 68.1 Å². The van der Waals surface area contributed by atoms with Crippen molar-refractivity contribution in [1.29, 1.82) is 0 Å². The van der Waals surface area contributed by atoms with Crippen LogP contribution in [0.4, 0.5) is 0 Å². The average molecular weight is 440 g/mol. The summed E-state index contributed by atoms with van der Waals surface area (Å²) < 4.78 is 32.7. The Labute approximate surface area is 182 Å². The van der Waals surface area contributed by atoms with Crippen LogP contribution in [0.1, 0.15) is 40.4 Å². The summed E-state index contributed by atoms with van der Waals surface area (Å²) in [5.74, 6) is 0.115. The highest BCUT2D eigenvalue weighted by atomic mass is 32.2. The number of amides is 1. The van der Waals surface area contributed by atoms with Crippen LogP contribution in [0, 0.1) is 13.8 Å². The maximum Gasteiger partial charge on any atom is 0.339 e. The van der Waals surface area contributed by atoms with Gasteiger partial charge >= 0.3 is 10.1 Å². The lowest BCUT2D eigenvalue weighted by Gasteiger charge is -2.32. The van der Waals surface area contributed by atoms with Gasteiger partial charge in [0.15, 0.2) is 0 Å². The van der Waals surface area contributed by atoms with Crippen molar-refractivity contribution in [3.05, 3.63) is 77.9 Å². The fourth-order valence-electron chi connectivity index (χ4n) is 3.84. The predicted molar refractivity (Wildman–Crippen MR) is 117 cm³/mol. The molecule has 31 heavy (non-hydrogen) atoms. The Morgan fingerprint density at radius 2 is 1.77 bits per heavy atom. The van der Waals surface area contributed by atoms with Crippen molar-refractivity contribution in [2.24, 2.45) is 0 Å². The summed E-state index contributed by atoms with van der Waals surface area (Å²) in [5.41, 5.74) is 1.97. The molecule has 0 saturated carbocycles. The minimum absolute atomic E-state index is 0.0620. The van der Waals surface area contributed by atoms with Crippen LogP contribution in [-0.4, -0.2) is 41.9 Å². The molecule has 2 aromatic carbocycles. The van der Waals surface area contributed by atoms with Gasteiger partial charge in [-0.25, -0.2) is 4.98 Å². The number of benzene rings is 2. The highest BCUT2D eigenvalue weighted by Gasteiger charge is 2.25. The topological polar surface area (TPSA) is 81.5 Å². The lowest BCUT2D eigenvalue weighted by atomic mass is 10.0. The van der Waals surface area contributed by atoms with E-state index in [1.54, 1.807) is 37.4 Å². The molecular weight excluding hydrogens is 414 g/mol. The van der Waals surface area contributed by atoms with Gasteiger partial charge in [0, 0.05) is 37.1 Å². The molecule has 1 aliphatic heterocycles. The number of nitrogens with zero attached hydrogens (tertiary/aromatic N) is 3. The summed E-state index contributed by atoms with van der Waals surface area (Å²) in [6.45, 7) is 4.90. The van der Waals surface area contributed by atoms with Gasteiger partial charge in [-0.2, -0.15) is 8.42 Å². The predicted octanol–water partition coefficient (Wildman–Crippen LogP) is 3.74. The number of piperidine rings is 1. The minimum atomic E-state index is -3.95. The molecule has 0 N–H and O–H groups in total. The van der Waals surface area contributed by atoms with E-state index in [9.17, 15) is 13.2 Å². The number of aryl methyl sites for hydroxylation is 2. The molecule has 162 valence electrons. The molecule has 8 heteroatoms. The Balaban J connectivity index is 1.41. The molecule has 0 aliphatic carbocycles. The lowest BCUT2D eigenvalue weighted by Crippen LogP contribution is -2.38. The molecule has 1 fully saturated rings. The van der Waals surface area contributed by atoms with Gasteiger partial charge in [-0.1, -0.05) is 12.1 Å². The third-order valence-corrected chi connectivity index (χ3v) is 7.01. The number of aromatic nitrogens is 2. The Morgan fingerprint density at radius 3 is 2.42 bits per heavy atom.